The summed E-state index contributed by atoms with van der Waals surface area (Å²) in [5.41, 5.74) is 9.39. The van der Waals surface area contributed by atoms with Crippen LogP contribution in [0.15, 0.2) is 65.7 Å². The summed E-state index contributed by atoms with van der Waals surface area (Å²) in [5, 5.41) is 36.2. The lowest BCUT2D eigenvalue weighted by atomic mass is 9.61. The molecule has 9 nitrogen and oxygen atoms in total. The molecule has 5 rings (SSSR count). The predicted octanol–water partition coefficient (Wildman–Crippen LogP) is 4.49. The smallest absolute Gasteiger partial charge is 0.170 e. The lowest BCUT2D eigenvalue weighted by Crippen LogP contribution is -2.40. The number of aliphatic hydroxyl groups excluding tert-OH is 2. The second kappa shape index (κ2) is 14.5. The van der Waals surface area contributed by atoms with Crippen LogP contribution in [0.4, 0.5) is 0 Å². The molecule has 1 saturated carbocycles. The Hall–Kier alpha value is -3.82. The summed E-state index contributed by atoms with van der Waals surface area (Å²) in [6, 6.07) is 7.38. The highest BCUT2D eigenvalue weighted by Crippen LogP contribution is 2.54. The Balaban J connectivity index is 1.37. The number of aromatic amines is 1. The lowest BCUT2D eigenvalue weighted by molar-refractivity contribution is -0.138. The number of aromatic hydroxyl groups is 1. The number of methoxy groups -OCH3 is 1. The van der Waals surface area contributed by atoms with Gasteiger partial charge in [0.05, 0.1) is 13.7 Å². The van der Waals surface area contributed by atoms with Crippen molar-refractivity contribution in [3.8, 4) is 11.5 Å². The average molecular weight is 618 g/mol. The quantitative estimate of drug-likeness (QED) is 0.169. The van der Waals surface area contributed by atoms with E-state index in [1.807, 2.05) is 42.6 Å². The van der Waals surface area contributed by atoms with Crippen molar-refractivity contribution < 1.29 is 29.6 Å². The molecule has 0 radical (unpaired) electrons. The summed E-state index contributed by atoms with van der Waals surface area (Å²) in [6.07, 6.45) is 14.8. The summed E-state index contributed by atoms with van der Waals surface area (Å²) in [6.45, 7) is 0.294. The summed E-state index contributed by atoms with van der Waals surface area (Å²) in [7, 11) is 1.47. The molecule has 1 aromatic carbocycles. The molecule has 2 aliphatic carbocycles. The zero-order chi connectivity index (χ0) is 32.0. The van der Waals surface area contributed by atoms with Gasteiger partial charge >= 0.3 is 0 Å². The van der Waals surface area contributed by atoms with Crippen molar-refractivity contribution >= 4 is 11.6 Å². The molecular weight excluding hydrogens is 570 g/mol. The Labute approximate surface area is 265 Å². The van der Waals surface area contributed by atoms with Crippen molar-refractivity contribution in [3.05, 3.63) is 82.5 Å². The van der Waals surface area contributed by atoms with Gasteiger partial charge < -0.3 is 36.1 Å². The van der Waals surface area contributed by atoms with E-state index in [0.717, 1.165) is 23.3 Å². The molecule has 1 aliphatic heterocycles. The number of carbonyl (C=O) groups excluding carboxylic acids is 2. The van der Waals surface area contributed by atoms with E-state index in [1.54, 1.807) is 6.07 Å². The third kappa shape index (κ3) is 7.20. The first-order valence-corrected chi connectivity index (χ1v) is 16.3. The number of aryl methyl sites for hydroxylation is 1. The first-order chi connectivity index (χ1) is 21.8. The van der Waals surface area contributed by atoms with E-state index < -0.39 is 29.0 Å². The number of phenols is 1. The molecule has 3 atom stereocenters. The molecule has 0 saturated heterocycles. The third-order valence-electron chi connectivity index (χ3n) is 9.89. The number of ketones is 2. The lowest BCUT2D eigenvalue weighted by Gasteiger charge is -2.43. The molecular formula is C36H47N3O6. The van der Waals surface area contributed by atoms with Crippen LogP contribution < -0.4 is 15.8 Å². The number of hydrogen-bond acceptors (Lipinski definition) is 8. The number of nitrogens with one attached hydrogen (secondary N) is 2. The first-order valence-electron chi connectivity index (χ1n) is 16.3. The standard InChI is InChI=1S/C36H47N3O6/c1-45-31-20-24(12-13-30(42)34(44)29(41)11-5-9-23-7-3-2-4-8-23)19-28(33(31)43)32-26-15-18-39-35(37)27(26)14-16-36(32,22-40)21-25-10-6-17-38-25/h6,10,14-17,19-20,23,32,34,38-40,43-44H,2-5,7-9,11-13,18,21-22,37H2,1H3. The minimum atomic E-state index is -1.63. The van der Waals surface area contributed by atoms with Crippen LogP contribution >= 0.6 is 0 Å². The fourth-order valence-electron chi connectivity index (χ4n) is 7.39. The van der Waals surface area contributed by atoms with Crippen LogP contribution in [-0.4, -0.2) is 58.2 Å². The summed E-state index contributed by atoms with van der Waals surface area (Å²) < 4.78 is 5.58. The number of allylic oxidation sites excluding steroid dienone is 3. The van der Waals surface area contributed by atoms with Crippen LogP contribution in [-0.2, 0) is 22.4 Å². The van der Waals surface area contributed by atoms with Crippen LogP contribution in [0.3, 0.4) is 0 Å². The van der Waals surface area contributed by atoms with E-state index >= 15 is 0 Å². The fourth-order valence-corrected chi connectivity index (χ4v) is 7.39. The number of rotatable bonds is 14. The van der Waals surface area contributed by atoms with Gasteiger partial charge in [0.1, 0.15) is 5.82 Å². The number of hydrogen-bond donors (Lipinski definition) is 6. The van der Waals surface area contributed by atoms with E-state index in [2.05, 4.69) is 10.3 Å². The number of Topliss-reactive ketones (excluding diaryl/α,β-unsaturated/α-hetero) is 2. The van der Waals surface area contributed by atoms with Crippen molar-refractivity contribution in [2.24, 2.45) is 17.1 Å². The molecule has 1 fully saturated rings. The first kappa shape index (κ1) is 32.6. The van der Waals surface area contributed by atoms with Crippen LogP contribution in [0.25, 0.3) is 0 Å². The molecule has 0 bridgehead atoms. The van der Waals surface area contributed by atoms with Gasteiger partial charge in [0.25, 0.3) is 0 Å². The maximum atomic E-state index is 12.9. The minimum Gasteiger partial charge on any atom is -0.504 e. The van der Waals surface area contributed by atoms with E-state index in [-0.39, 0.29) is 37.4 Å². The second-order valence-electron chi connectivity index (χ2n) is 12.9. The van der Waals surface area contributed by atoms with Crippen LogP contribution in [0.2, 0.25) is 0 Å². The molecule has 7 N–H and O–H groups in total. The van der Waals surface area contributed by atoms with E-state index in [1.165, 1.54) is 39.2 Å². The minimum absolute atomic E-state index is 0.0359. The number of carbonyl (C=O) groups is 2. The number of phenolic OH excluding ortho intramolecular Hbond substituents is 1. The number of aromatic nitrogens is 1. The third-order valence-corrected chi connectivity index (χ3v) is 9.89. The van der Waals surface area contributed by atoms with Gasteiger partial charge in [-0.05, 0) is 54.5 Å². The highest BCUT2D eigenvalue weighted by atomic mass is 16.5. The molecule has 45 heavy (non-hydrogen) atoms. The normalized spacial score (nSPS) is 22.4. The average Bonchev–Trinajstić information content (AvgIpc) is 3.57. The fraction of sp³-hybridized carbons (Fsp3) is 0.500. The predicted molar refractivity (Wildman–Crippen MR) is 173 cm³/mol. The molecule has 2 heterocycles. The molecule has 3 unspecified atom stereocenters. The maximum absolute atomic E-state index is 12.9. The van der Waals surface area contributed by atoms with Crippen LogP contribution in [0.1, 0.15) is 80.5 Å². The van der Waals surface area contributed by atoms with Gasteiger partial charge in [-0.15, -0.1) is 0 Å². The number of benzene rings is 1. The van der Waals surface area contributed by atoms with Crippen LogP contribution in [0, 0.1) is 11.3 Å². The van der Waals surface area contributed by atoms with Gasteiger partial charge in [-0.25, -0.2) is 0 Å². The molecule has 0 spiro atoms. The van der Waals surface area contributed by atoms with E-state index in [4.69, 9.17) is 10.5 Å². The van der Waals surface area contributed by atoms with Gasteiger partial charge in [-0.2, -0.15) is 0 Å². The number of fused-ring (bicyclic) bond motifs is 1. The summed E-state index contributed by atoms with van der Waals surface area (Å²) in [4.78, 5) is 28.8. The molecule has 3 aliphatic rings. The molecule has 0 amide bonds. The SMILES string of the molecule is COc1cc(CCC(=O)C(O)C(=O)CCCC2CCCCC2)cc(C2C3=CCNC(N)=C3C=CC2(CO)Cc2ccc[nH]2)c1O. The number of nitrogens with two attached hydrogens (primary N) is 1. The maximum Gasteiger partial charge on any atom is 0.170 e. The second-order valence-corrected chi connectivity index (χ2v) is 12.9. The largest absolute Gasteiger partial charge is 0.504 e. The molecule has 242 valence electrons. The van der Waals surface area contributed by atoms with Gasteiger partial charge in [-0.1, -0.05) is 62.8 Å². The number of aliphatic hydroxyl groups is 2. The Morgan fingerprint density at radius 1 is 1.16 bits per heavy atom. The van der Waals surface area contributed by atoms with Gasteiger partial charge in [0.15, 0.2) is 29.2 Å². The molecule has 9 heteroatoms. The van der Waals surface area contributed by atoms with Gasteiger partial charge in [0, 0.05) is 53.7 Å². The topological polar surface area (TPSA) is 158 Å². The highest BCUT2D eigenvalue weighted by Gasteiger charge is 2.45. The van der Waals surface area contributed by atoms with Gasteiger partial charge in [-0.3, -0.25) is 9.59 Å². The number of dihydropyridines is 1. The number of H-pyrrole nitrogens is 1. The monoisotopic (exact) mass is 617 g/mol. The Morgan fingerprint density at radius 2 is 1.93 bits per heavy atom. The highest BCUT2D eigenvalue weighted by molar-refractivity contribution is 6.05. The zero-order valence-corrected chi connectivity index (χ0v) is 26.2. The Bertz CT molecular complexity index is 1450. The Kier molecular flexibility index (Phi) is 10.5. The van der Waals surface area contributed by atoms with Crippen molar-refractivity contribution in [3.63, 3.8) is 0 Å². The Morgan fingerprint density at radius 3 is 2.64 bits per heavy atom. The summed E-state index contributed by atoms with van der Waals surface area (Å²) in [5.74, 6) is -0.0684. The van der Waals surface area contributed by atoms with Crippen molar-refractivity contribution in [2.75, 3.05) is 20.3 Å². The summed E-state index contributed by atoms with van der Waals surface area (Å²) >= 11 is 0. The van der Waals surface area contributed by atoms with Crippen molar-refractivity contribution in [2.45, 2.75) is 82.7 Å². The molecule has 1 aromatic heterocycles. The van der Waals surface area contributed by atoms with Crippen molar-refractivity contribution in [1.29, 1.82) is 0 Å². The molecule has 2 aromatic rings. The van der Waals surface area contributed by atoms with Gasteiger partial charge in [0.2, 0.25) is 0 Å². The number of ether oxygens (including phenoxy) is 1. The van der Waals surface area contributed by atoms with E-state index in [9.17, 15) is 24.9 Å². The van der Waals surface area contributed by atoms with Crippen LogP contribution in [0.5, 0.6) is 11.5 Å². The van der Waals surface area contributed by atoms with Crippen molar-refractivity contribution in [1.82, 2.24) is 10.3 Å². The van der Waals surface area contributed by atoms with E-state index in [0.29, 0.717) is 42.3 Å². The zero-order valence-electron chi connectivity index (χ0n) is 26.2.